The maximum absolute atomic E-state index is 5.87. The van der Waals surface area contributed by atoms with Crippen LogP contribution < -0.4 is 5.73 Å². The molecule has 1 atom stereocenters. The first-order valence-corrected chi connectivity index (χ1v) is 6.28. The zero-order valence-electron chi connectivity index (χ0n) is 9.73. The Morgan fingerprint density at radius 1 is 1.38 bits per heavy atom. The van der Waals surface area contributed by atoms with Crippen molar-refractivity contribution in [2.45, 2.75) is 26.7 Å². The number of anilines is 1. The van der Waals surface area contributed by atoms with Crippen LogP contribution in [0.3, 0.4) is 0 Å². The predicted octanol–water partition coefficient (Wildman–Crippen LogP) is 3.74. The number of nitrogens with two attached hydrogens (primary N) is 1. The molecule has 86 valence electrons. The Morgan fingerprint density at radius 3 is 2.69 bits per heavy atom. The molecule has 0 aromatic carbocycles. The molecule has 0 spiro atoms. The van der Waals surface area contributed by atoms with Crippen molar-refractivity contribution in [2.75, 3.05) is 5.73 Å². The fourth-order valence-electron chi connectivity index (χ4n) is 1.60. The predicted molar refractivity (Wildman–Crippen MR) is 67.5 cm³/mol. The second-order valence-corrected chi connectivity index (χ2v) is 5.26. The summed E-state index contributed by atoms with van der Waals surface area (Å²) in [6, 6.07) is 4.06. The minimum atomic E-state index is 0.321. The van der Waals surface area contributed by atoms with Gasteiger partial charge in [0.1, 0.15) is 0 Å². The fourth-order valence-corrected chi connectivity index (χ4v) is 2.38. The summed E-state index contributed by atoms with van der Waals surface area (Å²) in [5.74, 6) is 2.22. The minimum absolute atomic E-state index is 0.321. The van der Waals surface area contributed by atoms with Gasteiger partial charge in [-0.25, -0.2) is 0 Å². The van der Waals surface area contributed by atoms with Crippen molar-refractivity contribution in [3.8, 4) is 10.4 Å². The van der Waals surface area contributed by atoms with E-state index >= 15 is 0 Å². The second kappa shape index (κ2) is 4.29. The van der Waals surface area contributed by atoms with Crippen LogP contribution in [0.2, 0.25) is 0 Å². The molecular formula is C12H16N2OS. The van der Waals surface area contributed by atoms with Crippen LogP contribution >= 0.6 is 11.3 Å². The van der Waals surface area contributed by atoms with Crippen molar-refractivity contribution in [1.29, 1.82) is 0 Å². The van der Waals surface area contributed by atoms with Gasteiger partial charge < -0.3 is 10.3 Å². The molecule has 0 radical (unpaired) electrons. The lowest BCUT2D eigenvalue weighted by atomic mass is 9.92. The number of thiophene rings is 1. The molecule has 0 bridgehead atoms. The zero-order valence-corrected chi connectivity index (χ0v) is 10.5. The number of hydrogen-bond donors (Lipinski definition) is 1. The van der Waals surface area contributed by atoms with Crippen molar-refractivity contribution in [3.63, 3.8) is 0 Å². The summed E-state index contributed by atoms with van der Waals surface area (Å²) >= 11 is 1.66. The number of nitrogens with zero attached hydrogens (tertiary/aromatic N) is 1. The molecule has 1 unspecified atom stereocenters. The maximum atomic E-state index is 5.87. The highest BCUT2D eigenvalue weighted by atomic mass is 32.1. The SMILES string of the molecule is CC(C)C(C)c1onc(N)c1-c1cccs1. The fraction of sp³-hybridized carbons (Fsp3) is 0.417. The summed E-state index contributed by atoms with van der Waals surface area (Å²) in [6.07, 6.45) is 0. The molecule has 0 aliphatic carbocycles. The average molecular weight is 236 g/mol. The van der Waals surface area contributed by atoms with Gasteiger partial charge in [0.25, 0.3) is 0 Å². The zero-order chi connectivity index (χ0) is 11.7. The van der Waals surface area contributed by atoms with Gasteiger partial charge in [-0.3, -0.25) is 0 Å². The van der Waals surface area contributed by atoms with Crippen molar-refractivity contribution >= 4 is 17.2 Å². The van der Waals surface area contributed by atoms with Crippen molar-refractivity contribution in [2.24, 2.45) is 5.92 Å². The van der Waals surface area contributed by atoms with Crippen LogP contribution in [0.5, 0.6) is 0 Å². The number of nitrogen functional groups attached to an aromatic ring is 1. The van der Waals surface area contributed by atoms with Gasteiger partial charge in [0.05, 0.1) is 5.56 Å². The normalized spacial score (nSPS) is 13.2. The molecular weight excluding hydrogens is 220 g/mol. The molecule has 0 aliphatic heterocycles. The molecule has 3 nitrogen and oxygen atoms in total. The molecule has 2 aromatic heterocycles. The molecule has 0 fully saturated rings. The van der Waals surface area contributed by atoms with Crippen LogP contribution in [-0.2, 0) is 0 Å². The van der Waals surface area contributed by atoms with Gasteiger partial charge in [0.15, 0.2) is 11.6 Å². The molecule has 2 rings (SSSR count). The van der Waals surface area contributed by atoms with E-state index in [9.17, 15) is 0 Å². The van der Waals surface area contributed by atoms with E-state index in [4.69, 9.17) is 10.3 Å². The van der Waals surface area contributed by atoms with E-state index in [-0.39, 0.29) is 0 Å². The maximum Gasteiger partial charge on any atom is 0.175 e. The summed E-state index contributed by atoms with van der Waals surface area (Å²) in [7, 11) is 0. The van der Waals surface area contributed by atoms with Crippen molar-refractivity contribution < 1.29 is 4.52 Å². The van der Waals surface area contributed by atoms with Crippen LogP contribution in [0.4, 0.5) is 5.82 Å². The number of rotatable bonds is 3. The van der Waals surface area contributed by atoms with E-state index in [1.807, 2.05) is 17.5 Å². The molecule has 0 saturated carbocycles. The van der Waals surface area contributed by atoms with Gasteiger partial charge >= 0.3 is 0 Å². The highest BCUT2D eigenvalue weighted by Crippen LogP contribution is 2.38. The van der Waals surface area contributed by atoms with Gasteiger partial charge in [-0.05, 0) is 17.4 Å². The van der Waals surface area contributed by atoms with E-state index in [1.54, 1.807) is 11.3 Å². The largest absolute Gasteiger partial charge is 0.380 e. The Kier molecular flexibility index (Phi) is 3.01. The summed E-state index contributed by atoms with van der Waals surface area (Å²) in [5, 5.41) is 5.92. The minimum Gasteiger partial charge on any atom is -0.380 e. The van der Waals surface area contributed by atoms with Gasteiger partial charge in [-0.1, -0.05) is 32.0 Å². The van der Waals surface area contributed by atoms with Crippen molar-refractivity contribution in [3.05, 3.63) is 23.3 Å². The third-order valence-electron chi connectivity index (χ3n) is 2.93. The van der Waals surface area contributed by atoms with Crippen LogP contribution in [0, 0.1) is 5.92 Å². The van der Waals surface area contributed by atoms with E-state index in [0.29, 0.717) is 17.7 Å². The molecule has 2 heterocycles. The van der Waals surface area contributed by atoms with E-state index in [2.05, 4.69) is 25.9 Å². The molecule has 0 aliphatic rings. The van der Waals surface area contributed by atoms with E-state index in [0.717, 1.165) is 16.2 Å². The summed E-state index contributed by atoms with van der Waals surface area (Å²) < 4.78 is 5.37. The monoisotopic (exact) mass is 236 g/mol. The standard InChI is InChI=1S/C12H16N2OS/c1-7(2)8(3)11-10(12(13)14-15-11)9-5-4-6-16-9/h4-8H,1-3H3,(H2,13,14). The lowest BCUT2D eigenvalue weighted by molar-refractivity contribution is 0.341. The first kappa shape index (κ1) is 11.2. The van der Waals surface area contributed by atoms with E-state index in [1.165, 1.54) is 0 Å². The Labute approximate surface area is 99.3 Å². The molecule has 0 amide bonds. The highest BCUT2D eigenvalue weighted by molar-refractivity contribution is 7.13. The summed E-state index contributed by atoms with van der Waals surface area (Å²) in [6.45, 7) is 6.48. The van der Waals surface area contributed by atoms with Gasteiger partial charge in [-0.15, -0.1) is 11.3 Å². The van der Waals surface area contributed by atoms with Gasteiger partial charge in [-0.2, -0.15) is 0 Å². The van der Waals surface area contributed by atoms with Crippen LogP contribution in [0.1, 0.15) is 32.4 Å². The number of hydrogen-bond acceptors (Lipinski definition) is 4. The Hall–Kier alpha value is -1.29. The second-order valence-electron chi connectivity index (χ2n) is 4.32. The van der Waals surface area contributed by atoms with Gasteiger partial charge in [0.2, 0.25) is 0 Å². The Morgan fingerprint density at radius 2 is 2.12 bits per heavy atom. The quantitative estimate of drug-likeness (QED) is 0.883. The Bertz CT molecular complexity index is 459. The molecule has 4 heteroatoms. The topological polar surface area (TPSA) is 52.0 Å². The third-order valence-corrected chi connectivity index (χ3v) is 3.81. The van der Waals surface area contributed by atoms with Crippen molar-refractivity contribution in [1.82, 2.24) is 5.16 Å². The lowest BCUT2D eigenvalue weighted by Gasteiger charge is -2.13. The Balaban J connectivity index is 2.48. The first-order valence-electron chi connectivity index (χ1n) is 5.40. The van der Waals surface area contributed by atoms with Crippen LogP contribution in [0.15, 0.2) is 22.0 Å². The summed E-state index contributed by atoms with van der Waals surface area (Å²) in [4.78, 5) is 1.13. The molecule has 2 N–H and O–H groups in total. The average Bonchev–Trinajstić information content (AvgIpc) is 2.84. The highest BCUT2D eigenvalue weighted by Gasteiger charge is 2.23. The first-order chi connectivity index (χ1) is 7.61. The number of aromatic nitrogens is 1. The summed E-state index contributed by atoms with van der Waals surface area (Å²) in [5.41, 5.74) is 6.84. The molecule has 2 aromatic rings. The molecule has 16 heavy (non-hydrogen) atoms. The van der Waals surface area contributed by atoms with Gasteiger partial charge in [0, 0.05) is 10.8 Å². The van der Waals surface area contributed by atoms with Crippen LogP contribution in [-0.4, -0.2) is 5.16 Å². The third kappa shape index (κ3) is 1.85. The smallest absolute Gasteiger partial charge is 0.175 e. The van der Waals surface area contributed by atoms with Crippen LogP contribution in [0.25, 0.3) is 10.4 Å². The molecule has 0 saturated heterocycles. The lowest BCUT2D eigenvalue weighted by Crippen LogP contribution is -2.02. The van der Waals surface area contributed by atoms with E-state index < -0.39 is 0 Å².